The quantitative estimate of drug-likeness (QED) is 0.761. The van der Waals surface area contributed by atoms with E-state index in [1.54, 1.807) is 30.3 Å². The lowest BCUT2D eigenvalue weighted by Crippen LogP contribution is -2.48. The first-order chi connectivity index (χ1) is 9.59. The number of rotatable bonds is 1. The number of furan rings is 1. The van der Waals surface area contributed by atoms with Crippen LogP contribution in [-0.2, 0) is 4.79 Å². The largest absolute Gasteiger partial charge is 0.469 e. The number of nitriles is 4. The molecular formula is C14H8N4O2. The van der Waals surface area contributed by atoms with E-state index in [4.69, 9.17) is 4.42 Å². The monoisotopic (exact) mass is 264 g/mol. The normalized spacial score (nSPS) is 22.8. The van der Waals surface area contributed by atoms with Gasteiger partial charge in [-0.25, -0.2) is 0 Å². The van der Waals surface area contributed by atoms with Crippen LogP contribution in [0.1, 0.15) is 24.5 Å². The van der Waals surface area contributed by atoms with E-state index in [0.29, 0.717) is 0 Å². The zero-order chi connectivity index (χ0) is 14.8. The Bertz CT molecular complexity index is 678. The highest BCUT2D eigenvalue weighted by atomic mass is 16.3. The van der Waals surface area contributed by atoms with E-state index >= 15 is 0 Å². The highest BCUT2D eigenvalue weighted by Gasteiger charge is 2.64. The Labute approximate surface area is 115 Å². The Hall–Kier alpha value is -3.09. The number of Topliss-reactive ketones (excluding diaryl/α,β-unsaturated/α-hetero) is 1. The average molecular weight is 264 g/mol. The van der Waals surface area contributed by atoms with Gasteiger partial charge in [-0.2, -0.15) is 21.0 Å². The minimum atomic E-state index is -1.98. The summed E-state index contributed by atoms with van der Waals surface area (Å²) in [5.74, 6) is -1.00. The molecule has 1 heterocycles. The van der Waals surface area contributed by atoms with Crippen molar-refractivity contribution >= 4 is 5.78 Å². The van der Waals surface area contributed by atoms with Crippen LogP contribution in [0.2, 0.25) is 0 Å². The van der Waals surface area contributed by atoms with Crippen molar-refractivity contribution in [3.63, 3.8) is 0 Å². The van der Waals surface area contributed by atoms with Crippen molar-refractivity contribution in [1.82, 2.24) is 0 Å². The van der Waals surface area contributed by atoms with Gasteiger partial charge in [0.2, 0.25) is 0 Å². The lowest BCUT2D eigenvalue weighted by atomic mass is 9.53. The van der Waals surface area contributed by atoms with Gasteiger partial charge in [0.25, 0.3) is 0 Å². The van der Waals surface area contributed by atoms with E-state index in [0.717, 1.165) is 0 Å². The van der Waals surface area contributed by atoms with Crippen LogP contribution in [0.25, 0.3) is 0 Å². The Morgan fingerprint density at radius 2 is 1.80 bits per heavy atom. The van der Waals surface area contributed by atoms with Crippen LogP contribution in [0, 0.1) is 56.2 Å². The number of carbonyl (C=O) groups is 1. The van der Waals surface area contributed by atoms with E-state index < -0.39 is 23.2 Å². The Balaban J connectivity index is 2.73. The first kappa shape index (κ1) is 13.3. The van der Waals surface area contributed by atoms with Crippen molar-refractivity contribution in [1.29, 1.82) is 21.0 Å². The molecule has 0 spiro atoms. The van der Waals surface area contributed by atoms with Gasteiger partial charge in [-0.3, -0.25) is 4.79 Å². The molecule has 6 heteroatoms. The van der Waals surface area contributed by atoms with Crippen molar-refractivity contribution in [2.24, 2.45) is 10.8 Å². The zero-order valence-electron chi connectivity index (χ0n) is 10.3. The van der Waals surface area contributed by atoms with Gasteiger partial charge in [0, 0.05) is 12.8 Å². The molecule has 0 radical (unpaired) electrons. The fourth-order valence-electron chi connectivity index (χ4n) is 2.64. The topological polar surface area (TPSA) is 125 Å². The molecule has 1 aromatic heterocycles. The van der Waals surface area contributed by atoms with Crippen molar-refractivity contribution in [2.75, 3.05) is 0 Å². The number of hydrogen-bond donors (Lipinski definition) is 0. The molecular weight excluding hydrogens is 256 g/mol. The third-order valence-corrected chi connectivity index (χ3v) is 3.71. The molecule has 0 aliphatic heterocycles. The van der Waals surface area contributed by atoms with Gasteiger partial charge in [0.15, 0.2) is 10.8 Å². The number of carbonyl (C=O) groups excluding carboxylic acids is 1. The predicted octanol–water partition coefficient (Wildman–Crippen LogP) is 1.79. The third kappa shape index (κ3) is 1.50. The predicted molar refractivity (Wildman–Crippen MR) is 63.0 cm³/mol. The van der Waals surface area contributed by atoms with Crippen molar-refractivity contribution < 1.29 is 9.21 Å². The van der Waals surface area contributed by atoms with Gasteiger partial charge in [0.05, 0.1) is 36.5 Å². The summed E-state index contributed by atoms with van der Waals surface area (Å²) in [4.78, 5) is 11.9. The molecule has 1 saturated carbocycles. The van der Waals surface area contributed by atoms with Gasteiger partial charge in [-0.1, -0.05) is 0 Å². The van der Waals surface area contributed by atoms with Crippen LogP contribution in [0.4, 0.5) is 0 Å². The second-order valence-electron chi connectivity index (χ2n) is 4.65. The fourth-order valence-corrected chi connectivity index (χ4v) is 2.64. The first-order valence-corrected chi connectivity index (χ1v) is 5.79. The molecule has 0 unspecified atom stereocenters. The maximum absolute atomic E-state index is 11.9. The molecule has 20 heavy (non-hydrogen) atoms. The second-order valence-corrected chi connectivity index (χ2v) is 4.65. The molecule has 0 bridgehead atoms. The third-order valence-electron chi connectivity index (χ3n) is 3.71. The molecule has 0 N–H and O–H groups in total. The van der Waals surface area contributed by atoms with Crippen molar-refractivity contribution in [3.05, 3.63) is 24.2 Å². The van der Waals surface area contributed by atoms with E-state index in [-0.39, 0.29) is 18.0 Å². The van der Waals surface area contributed by atoms with Gasteiger partial charge in [-0.05, 0) is 12.1 Å². The lowest BCUT2D eigenvalue weighted by molar-refractivity contribution is -0.124. The van der Waals surface area contributed by atoms with Crippen LogP contribution < -0.4 is 0 Å². The van der Waals surface area contributed by atoms with E-state index in [2.05, 4.69) is 0 Å². The summed E-state index contributed by atoms with van der Waals surface area (Å²) in [7, 11) is 0. The highest BCUT2D eigenvalue weighted by molar-refractivity contribution is 5.83. The summed E-state index contributed by atoms with van der Waals surface area (Å²) in [6, 6.07) is 10.1. The van der Waals surface area contributed by atoms with Crippen molar-refractivity contribution in [2.45, 2.75) is 18.8 Å². The Morgan fingerprint density at radius 1 is 1.15 bits per heavy atom. The molecule has 1 fully saturated rings. The van der Waals surface area contributed by atoms with Gasteiger partial charge < -0.3 is 4.42 Å². The van der Waals surface area contributed by atoms with E-state index in [1.807, 2.05) is 0 Å². The summed E-state index contributed by atoms with van der Waals surface area (Å²) in [5, 5.41) is 37.6. The molecule has 0 amide bonds. The second kappa shape index (κ2) is 4.54. The molecule has 2 rings (SSSR count). The summed E-state index contributed by atoms with van der Waals surface area (Å²) in [5.41, 5.74) is -3.91. The van der Waals surface area contributed by atoms with Crippen LogP contribution in [0.3, 0.4) is 0 Å². The fraction of sp³-hybridized carbons (Fsp3) is 0.357. The SMILES string of the molecule is N#CC1(C#N)CC(=O)C[C@H](c2ccco2)C1(C#N)C#N. The maximum Gasteiger partial charge on any atom is 0.186 e. The Morgan fingerprint density at radius 3 is 2.25 bits per heavy atom. The van der Waals surface area contributed by atoms with Gasteiger partial charge >= 0.3 is 0 Å². The number of ketones is 1. The molecule has 1 aliphatic carbocycles. The number of hydrogen-bond acceptors (Lipinski definition) is 6. The van der Waals surface area contributed by atoms with Crippen LogP contribution in [0.5, 0.6) is 0 Å². The summed E-state index contributed by atoms with van der Waals surface area (Å²) >= 11 is 0. The highest BCUT2D eigenvalue weighted by Crippen LogP contribution is 2.55. The van der Waals surface area contributed by atoms with Crippen LogP contribution >= 0.6 is 0 Å². The molecule has 1 aromatic rings. The smallest absolute Gasteiger partial charge is 0.186 e. The van der Waals surface area contributed by atoms with Crippen molar-refractivity contribution in [3.8, 4) is 24.3 Å². The lowest BCUT2D eigenvalue weighted by Gasteiger charge is -2.39. The number of nitrogens with zero attached hydrogens (tertiary/aromatic N) is 4. The Kier molecular flexibility index (Phi) is 3.03. The molecule has 0 saturated heterocycles. The standard InChI is InChI=1S/C14H8N4O2/c15-6-13(7-16)5-10(19)4-11(12-2-1-3-20-12)14(13,8-17)9-18/h1-3,11H,4-5H2/t11-/m1/s1. The van der Waals surface area contributed by atoms with E-state index in [1.165, 1.54) is 12.3 Å². The molecule has 6 nitrogen and oxygen atoms in total. The minimum Gasteiger partial charge on any atom is -0.469 e. The van der Waals surface area contributed by atoms with Gasteiger partial charge in [0.1, 0.15) is 11.5 Å². The van der Waals surface area contributed by atoms with Crippen LogP contribution in [0.15, 0.2) is 22.8 Å². The van der Waals surface area contributed by atoms with Gasteiger partial charge in [-0.15, -0.1) is 0 Å². The first-order valence-electron chi connectivity index (χ1n) is 5.79. The summed E-state index contributed by atoms with van der Waals surface area (Å²) in [6.45, 7) is 0. The minimum absolute atomic E-state index is 0.0975. The van der Waals surface area contributed by atoms with E-state index in [9.17, 15) is 25.8 Å². The van der Waals surface area contributed by atoms with Crippen LogP contribution in [-0.4, -0.2) is 5.78 Å². The summed E-state index contributed by atoms with van der Waals surface area (Å²) < 4.78 is 5.19. The maximum atomic E-state index is 11.9. The zero-order valence-corrected chi connectivity index (χ0v) is 10.3. The molecule has 0 aromatic carbocycles. The molecule has 1 aliphatic rings. The molecule has 96 valence electrons. The molecule has 1 atom stereocenters. The average Bonchev–Trinajstić information content (AvgIpc) is 3.00. The summed E-state index contributed by atoms with van der Waals surface area (Å²) in [6.07, 6.45) is 0.840.